The summed E-state index contributed by atoms with van der Waals surface area (Å²) < 4.78 is 5.51. The van der Waals surface area contributed by atoms with Gasteiger partial charge in [-0.1, -0.05) is 30.3 Å². The van der Waals surface area contributed by atoms with Gasteiger partial charge in [0.05, 0.1) is 19.3 Å². The highest BCUT2D eigenvalue weighted by atomic mass is 16.5. The molecule has 1 unspecified atom stereocenters. The van der Waals surface area contributed by atoms with Gasteiger partial charge in [-0.25, -0.2) is 0 Å². The van der Waals surface area contributed by atoms with Crippen molar-refractivity contribution in [2.45, 2.75) is 20.8 Å². The second-order valence-electron chi connectivity index (χ2n) is 6.60. The molecule has 0 heterocycles. The van der Waals surface area contributed by atoms with Gasteiger partial charge in [-0.15, -0.1) is 0 Å². The van der Waals surface area contributed by atoms with Crippen LogP contribution in [0.5, 0.6) is 5.75 Å². The van der Waals surface area contributed by atoms with Crippen molar-refractivity contribution in [2.24, 2.45) is 0 Å². The molecule has 0 spiro atoms. The highest BCUT2D eigenvalue weighted by Crippen LogP contribution is 2.23. The van der Waals surface area contributed by atoms with Crippen LogP contribution in [-0.4, -0.2) is 38.6 Å². The van der Waals surface area contributed by atoms with E-state index in [9.17, 15) is 9.59 Å². The fourth-order valence-electron chi connectivity index (χ4n) is 2.85. The number of carbonyl (C=O) groups is 2. The average Bonchev–Trinajstić information content (AvgIpc) is 2.60. The number of amides is 2. The summed E-state index contributed by atoms with van der Waals surface area (Å²) in [5.74, 6) is 0.353. The molecular formula is C21H28N3O3+. The van der Waals surface area contributed by atoms with Gasteiger partial charge in [-0.2, -0.15) is 0 Å². The van der Waals surface area contributed by atoms with Gasteiger partial charge in [0.2, 0.25) is 0 Å². The third kappa shape index (κ3) is 6.11. The van der Waals surface area contributed by atoms with E-state index in [0.717, 1.165) is 21.7 Å². The van der Waals surface area contributed by atoms with Crippen LogP contribution < -0.4 is 20.3 Å². The van der Waals surface area contributed by atoms with Crippen molar-refractivity contribution in [3.05, 3.63) is 53.6 Å². The fraction of sp³-hybridized carbons (Fsp3) is 0.333. The van der Waals surface area contributed by atoms with Crippen LogP contribution in [0.4, 0.5) is 11.4 Å². The summed E-state index contributed by atoms with van der Waals surface area (Å²) >= 11 is 0. The van der Waals surface area contributed by atoms with Gasteiger partial charge in [0, 0.05) is 5.69 Å². The number of anilines is 2. The summed E-state index contributed by atoms with van der Waals surface area (Å²) in [6.45, 7) is 6.72. The lowest BCUT2D eigenvalue weighted by Gasteiger charge is -2.16. The van der Waals surface area contributed by atoms with E-state index in [1.165, 1.54) is 0 Å². The maximum absolute atomic E-state index is 12.3. The SMILES string of the molecule is CCOc1ccccc1NC(=O)C[NH+](C)CC(=O)Nc1c(C)cccc1C. The smallest absolute Gasteiger partial charge is 0.279 e. The number of rotatable bonds is 8. The number of hydrogen-bond donors (Lipinski definition) is 3. The van der Waals surface area contributed by atoms with Gasteiger partial charge in [-0.3, -0.25) is 9.59 Å². The molecule has 6 heteroatoms. The first kappa shape index (κ1) is 20.5. The lowest BCUT2D eigenvalue weighted by atomic mass is 10.1. The summed E-state index contributed by atoms with van der Waals surface area (Å²) in [7, 11) is 1.82. The van der Waals surface area contributed by atoms with Crippen molar-refractivity contribution < 1.29 is 19.2 Å². The van der Waals surface area contributed by atoms with Crippen molar-refractivity contribution in [2.75, 3.05) is 37.4 Å². The molecule has 0 bridgehead atoms. The Labute approximate surface area is 160 Å². The number of benzene rings is 2. The average molecular weight is 370 g/mol. The van der Waals surface area contributed by atoms with Crippen LogP contribution in [0.3, 0.4) is 0 Å². The molecule has 2 aromatic carbocycles. The van der Waals surface area contributed by atoms with Crippen LogP contribution >= 0.6 is 0 Å². The van der Waals surface area contributed by atoms with E-state index in [1.807, 2.05) is 64.2 Å². The molecule has 0 aliphatic heterocycles. The number of ether oxygens (including phenoxy) is 1. The molecule has 0 radical (unpaired) electrons. The van der Waals surface area contributed by atoms with Crippen molar-refractivity contribution in [3.8, 4) is 5.75 Å². The summed E-state index contributed by atoms with van der Waals surface area (Å²) in [6, 6.07) is 13.2. The number of carbonyl (C=O) groups excluding carboxylic acids is 2. The van der Waals surface area contributed by atoms with Crippen LogP contribution in [0.15, 0.2) is 42.5 Å². The Kier molecular flexibility index (Phi) is 7.37. The van der Waals surface area contributed by atoms with Crippen LogP contribution in [0.25, 0.3) is 0 Å². The number of aryl methyl sites for hydroxylation is 2. The second kappa shape index (κ2) is 9.73. The molecule has 0 aliphatic carbocycles. The third-order valence-electron chi connectivity index (χ3n) is 4.13. The zero-order valence-electron chi connectivity index (χ0n) is 16.4. The van der Waals surface area contributed by atoms with Crippen LogP contribution in [0.1, 0.15) is 18.1 Å². The Morgan fingerprint density at radius 1 is 0.926 bits per heavy atom. The minimum atomic E-state index is -0.167. The number of nitrogens with one attached hydrogen (secondary N) is 3. The molecule has 6 nitrogen and oxygen atoms in total. The van der Waals surface area contributed by atoms with Gasteiger partial charge in [-0.05, 0) is 44.0 Å². The summed E-state index contributed by atoms with van der Waals surface area (Å²) in [5.41, 5.74) is 3.51. The molecule has 0 saturated carbocycles. The van der Waals surface area contributed by atoms with Crippen LogP contribution in [0, 0.1) is 13.8 Å². The third-order valence-corrected chi connectivity index (χ3v) is 4.13. The summed E-state index contributed by atoms with van der Waals surface area (Å²) in [5, 5.41) is 5.80. The molecule has 2 rings (SSSR count). The lowest BCUT2D eigenvalue weighted by molar-refractivity contribution is -0.862. The molecule has 2 amide bonds. The second-order valence-corrected chi connectivity index (χ2v) is 6.60. The largest absolute Gasteiger partial charge is 0.492 e. The fourth-order valence-corrected chi connectivity index (χ4v) is 2.85. The van der Waals surface area contributed by atoms with E-state index < -0.39 is 0 Å². The first-order valence-corrected chi connectivity index (χ1v) is 9.09. The maximum Gasteiger partial charge on any atom is 0.279 e. The monoisotopic (exact) mass is 370 g/mol. The molecule has 2 aromatic rings. The van der Waals surface area contributed by atoms with Crippen LogP contribution in [0.2, 0.25) is 0 Å². The Morgan fingerprint density at radius 3 is 2.15 bits per heavy atom. The molecule has 144 valence electrons. The van der Waals surface area contributed by atoms with Crippen molar-refractivity contribution >= 4 is 23.2 Å². The van der Waals surface area contributed by atoms with E-state index in [-0.39, 0.29) is 24.9 Å². The Balaban J connectivity index is 1.89. The molecular weight excluding hydrogens is 342 g/mol. The van der Waals surface area contributed by atoms with Gasteiger partial charge in [0.25, 0.3) is 11.8 Å². The molecule has 27 heavy (non-hydrogen) atoms. The highest BCUT2D eigenvalue weighted by Gasteiger charge is 2.16. The quantitative estimate of drug-likeness (QED) is 0.663. The van der Waals surface area contributed by atoms with Crippen molar-refractivity contribution in [1.29, 1.82) is 0 Å². The van der Waals surface area contributed by atoms with Crippen LogP contribution in [-0.2, 0) is 9.59 Å². The zero-order chi connectivity index (χ0) is 19.8. The van der Waals surface area contributed by atoms with E-state index >= 15 is 0 Å². The lowest BCUT2D eigenvalue weighted by Crippen LogP contribution is -3.11. The minimum Gasteiger partial charge on any atom is -0.492 e. The number of para-hydroxylation sites is 3. The number of hydrogen-bond acceptors (Lipinski definition) is 3. The van der Waals surface area contributed by atoms with Gasteiger partial charge in [0.15, 0.2) is 13.1 Å². The molecule has 0 aliphatic rings. The van der Waals surface area contributed by atoms with E-state index in [2.05, 4.69) is 10.6 Å². The molecule has 3 N–H and O–H groups in total. The maximum atomic E-state index is 12.3. The molecule has 0 fully saturated rings. The summed E-state index contributed by atoms with van der Waals surface area (Å²) in [6.07, 6.45) is 0. The normalized spacial score (nSPS) is 11.6. The Hall–Kier alpha value is -2.86. The van der Waals surface area contributed by atoms with Crippen molar-refractivity contribution in [3.63, 3.8) is 0 Å². The Morgan fingerprint density at radius 2 is 1.52 bits per heavy atom. The first-order valence-electron chi connectivity index (χ1n) is 9.09. The standard InChI is InChI=1S/C21H27N3O3/c1-5-27-18-12-7-6-11-17(18)22-19(25)13-24(4)14-20(26)23-21-15(2)9-8-10-16(21)3/h6-12H,5,13-14H2,1-4H3,(H,22,25)(H,23,26)/p+1. The highest BCUT2D eigenvalue weighted by molar-refractivity contribution is 5.94. The summed E-state index contributed by atoms with van der Waals surface area (Å²) in [4.78, 5) is 25.4. The predicted octanol–water partition coefficient (Wildman–Crippen LogP) is 1.79. The topological polar surface area (TPSA) is 71.9 Å². The molecule has 0 aromatic heterocycles. The van der Waals surface area contributed by atoms with E-state index in [1.54, 1.807) is 6.07 Å². The number of quaternary nitrogens is 1. The first-order chi connectivity index (χ1) is 12.9. The Bertz CT molecular complexity index is 785. The van der Waals surface area contributed by atoms with Gasteiger partial charge in [0.1, 0.15) is 5.75 Å². The minimum absolute atomic E-state index is 0.118. The predicted molar refractivity (Wildman–Crippen MR) is 107 cm³/mol. The van der Waals surface area contributed by atoms with E-state index in [0.29, 0.717) is 18.0 Å². The van der Waals surface area contributed by atoms with Gasteiger partial charge >= 0.3 is 0 Å². The molecule has 1 atom stereocenters. The number of likely N-dealkylation sites (N-methyl/N-ethyl adjacent to an activating group) is 1. The molecule has 0 saturated heterocycles. The van der Waals surface area contributed by atoms with E-state index in [4.69, 9.17) is 4.74 Å². The van der Waals surface area contributed by atoms with Gasteiger partial charge < -0.3 is 20.3 Å². The zero-order valence-corrected chi connectivity index (χ0v) is 16.4. The van der Waals surface area contributed by atoms with Crippen molar-refractivity contribution in [1.82, 2.24) is 0 Å².